The number of urea groups is 1. The van der Waals surface area contributed by atoms with Crippen LogP contribution in [0.4, 0.5) is 38.4 Å². The van der Waals surface area contributed by atoms with E-state index in [1.54, 1.807) is 0 Å². The number of hydrogen-bond acceptors (Lipinski definition) is 4. The molecule has 3 rings (SSSR count). The summed E-state index contributed by atoms with van der Waals surface area (Å²) in [5.41, 5.74) is -1.39. The minimum atomic E-state index is -5.18. The fourth-order valence-electron chi connectivity index (χ4n) is 2.49. The largest absolute Gasteiger partial charge is 0.413 e. The lowest BCUT2D eigenvalue weighted by molar-refractivity contribution is -0.155. The molecule has 0 saturated carbocycles. The molecule has 150 valence electrons. The molecule has 1 saturated heterocycles. The molecule has 28 heavy (non-hydrogen) atoms. The van der Waals surface area contributed by atoms with E-state index in [9.17, 15) is 26.7 Å². The molecule has 2 aromatic rings. The van der Waals surface area contributed by atoms with E-state index < -0.39 is 40.5 Å². The maximum Gasteiger partial charge on any atom is 0.413 e. The van der Waals surface area contributed by atoms with Crippen molar-refractivity contribution < 1.29 is 26.7 Å². The molecule has 1 aliphatic rings. The minimum Gasteiger partial charge on any atom is -0.341 e. The van der Waals surface area contributed by atoms with Crippen LogP contribution in [0.3, 0.4) is 0 Å². The zero-order valence-electron chi connectivity index (χ0n) is 14.0. The fraction of sp³-hybridized carbons (Fsp3) is 0.312. The van der Waals surface area contributed by atoms with E-state index in [1.165, 1.54) is 17.7 Å². The summed E-state index contributed by atoms with van der Waals surface area (Å²) in [6.07, 6.45) is -1.75. The normalized spacial score (nSPS) is 15.0. The number of benzene rings is 1. The molecule has 0 spiro atoms. The quantitative estimate of drug-likeness (QED) is 0.577. The first-order valence-corrected chi connectivity index (χ1v) is 8.39. The number of aromatic nitrogens is 2. The molecule has 2 amide bonds. The van der Waals surface area contributed by atoms with E-state index >= 15 is 0 Å². The molecular formula is C16H13ClF5N5O. The highest BCUT2D eigenvalue weighted by atomic mass is 35.5. The SMILES string of the molecule is O=C(Nc1cnc(N2CCC2)nc1)NC(c1c(F)ccc(Cl)c1F)C(F)(F)F. The molecule has 12 heteroatoms. The Kier molecular flexibility index (Phi) is 5.54. The maximum absolute atomic E-state index is 14.0. The molecule has 0 bridgehead atoms. The van der Waals surface area contributed by atoms with Crippen LogP contribution in [-0.2, 0) is 0 Å². The van der Waals surface area contributed by atoms with Crippen LogP contribution in [0.1, 0.15) is 18.0 Å². The Morgan fingerprint density at radius 2 is 1.82 bits per heavy atom. The van der Waals surface area contributed by atoms with Crippen molar-refractivity contribution >= 4 is 29.3 Å². The third-order valence-corrected chi connectivity index (χ3v) is 4.30. The highest BCUT2D eigenvalue weighted by Gasteiger charge is 2.45. The topological polar surface area (TPSA) is 70.2 Å². The average Bonchev–Trinajstić information content (AvgIpc) is 2.57. The number of anilines is 2. The average molecular weight is 422 g/mol. The Morgan fingerprint density at radius 3 is 2.36 bits per heavy atom. The molecule has 0 aliphatic carbocycles. The monoisotopic (exact) mass is 421 g/mol. The Balaban J connectivity index is 1.76. The first-order chi connectivity index (χ1) is 13.2. The summed E-state index contributed by atoms with van der Waals surface area (Å²) >= 11 is 5.45. The van der Waals surface area contributed by atoms with Gasteiger partial charge in [-0.3, -0.25) is 0 Å². The van der Waals surface area contributed by atoms with E-state index in [-0.39, 0.29) is 5.69 Å². The lowest BCUT2D eigenvalue weighted by atomic mass is 10.0. The van der Waals surface area contributed by atoms with E-state index in [2.05, 4.69) is 15.3 Å². The first kappa shape index (κ1) is 20.1. The van der Waals surface area contributed by atoms with Crippen LogP contribution in [-0.4, -0.2) is 35.3 Å². The molecule has 1 aromatic heterocycles. The molecular weight excluding hydrogens is 409 g/mol. The van der Waals surface area contributed by atoms with E-state index in [1.807, 2.05) is 4.90 Å². The van der Waals surface area contributed by atoms with Gasteiger partial charge < -0.3 is 15.5 Å². The van der Waals surface area contributed by atoms with Gasteiger partial charge in [0.05, 0.1) is 28.7 Å². The van der Waals surface area contributed by atoms with Gasteiger partial charge in [0.25, 0.3) is 0 Å². The van der Waals surface area contributed by atoms with Crippen molar-refractivity contribution in [2.75, 3.05) is 23.3 Å². The third kappa shape index (κ3) is 4.24. The zero-order chi connectivity index (χ0) is 20.5. The minimum absolute atomic E-state index is 0.00901. The molecule has 2 heterocycles. The maximum atomic E-state index is 14.0. The predicted molar refractivity (Wildman–Crippen MR) is 91.2 cm³/mol. The van der Waals surface area contributed by atoms with Crippen LogP contribution < -0.4 is 15.5 Å². The van der Waals surface area contributed by atoms with Gasteiger partial charge in [-0.2, -0.15) is 13.2 Å². The van der Waals surface area contributed by atoms with Crippen molar-refractivity contribution in [3.05, 3.63) is 46.7 Å². The number of carbonyl (C=O) groups excluding carboxylic acids is 1. The van der Waals surface area contributed by atoms with Crippen molar-refractivity contribution in [1.82, 2.24) is 15.3 Å². The Labute approximate surface area is 160 Å². The van der Waals surface area contributed by atoms with Gasteiger partial charge in [-0.1, -0.05) is 11.6 Å². The number of carbonyl (C=O) groups is 1. The molecule has 1 aliphatic heterocycles. The number of nitrogens with zero attached hydrogens (tertiary/aromatic N) is 3. The van der Waals surface area contributed by atoms with Crippen molar-refractivity contribution in [3.63, 3.8) is 0 Å². The van der Waals surface area contributed by atoms with Crippen LogP contribution in [0.5, 0.6) is 0 Å². The summed E-state index contributed by atoms with van der Waals surface area (Å²) in [6.45, 7) is 1.58. The van der Waals surface area contributed by atoms with E-state index in [4.69, 9.17) is 11.6 Å². The summed E-state index contributed by atoms with van der Waals surface area (Å²) < 4.78 is 67.9. The zero-order valence-corrected chi connectivity index (χ0v) is 14.8. The molecule has 2 N–H and O–H groups in total. The van der Waals surface area contributed by atoms with Crippen molar-refractivity contribution in [1.29, 1.82) is 0 Å². The second-order valence-electron chi connectivity index (χ2n) is 5.94. The van der Waals surface area contributed by atoms with Gasteiger partial charge in [0, 0.05) is 13.1 Å². The summed E-state index contributed by atoms with van der Waals surface area (Å²) in [7, 11) is 0. The summed E-state index contributed by atoms with van der Waals surface area (Å²) in [4.78, 5) is 21.8. The highest BCUT2D eigenvalue weighted by Crippen LogP contribution is 2.37. The Morgan fingerprint density at radius 1 is 1.18 bits per heavy atom. The summed E-state index contributed by atoms with van der Waals surface area (Å²) in [6, 6.07) is -2.93. The van der Waals surface area contributed by atoms with Crippen molar-refractivity contribution in [3.8, 4) is 0 Å². The van der Waals surface area contributed by atoms with Gasteiger partial charge in [-0.05, 0) is 18.6 Å². The summed E-state index contributed by atoms with van der Waals surface area (Å²) in [5.74, 6) is -2.67. The number of rotatable bonds is 4. The number of hydrogen-bond donors (Lipinski definition) is 2. The standard InChI is InChI=1S/C16H13ClF5N5O/c17-9-2-3-10(18)11(12(9)19)13(16(20,21)22)26-15(28)25-8-6-23-14(24-7-8)27-4-1-5-27/h2-3,6-7,13H,1,4-5H2,(H2,25,26,28). The van der Waals surface area contributed by atoms with E-state index in [0.29, 0.717) is 12.0 Å². The number of halogens is 6. The van der Waals surface area contributed by atoms with Crippen molar-refractivity contribution in [2.24, 2.45) is 0 Å². The second-order valence-corrected chi connectivity index (χ2v) is 6.35. The first-order valence-electron chi connectivity index (χ1n) is 8.01. The number of alkyl halides is 3. The molecule has 1 atom stereocenters. The Bertz CT molecular complexity index is 873. The van der Waals surface area contributed by atoms with Gasteiger partial charge in [-0.15, -0.1) is 0 Å². The molecule has 1 aromatic carbocycles. The van der Waals surface area contributed by atoms with E-state index in [0.717, 1.165) is 25.6 Å². The second kappa shape index (κ2) is 7.74. The van der Waals surface area contributed by atoms with Crippen LogP contribution in [0, 0.1) is 11.6 Å². The third-order valence-electron chi connectivity index (χ3n) is 4.01. The lowest BCUT2D eigenvalue weighted by Crippen LogP contribution is -2.41. The Hall–Kier alpha value is -2.69. The van der Waals surface area contributed by atoms with Crippen LogP contribution in [0.2, 0.25) is 5.02 Å². The van der Waals surface area contributed by atoms with Gasteiger partial charge in [0.15, 0.2) is 6.04 Å². The lowest BCUT2D eigenvalue weighted by Gasteiger charge is -2.30. The van der Waals surface area contributed by atoms with Crippen LogP contribution in [0.15, 0.2) is 24.5 Å². The summed E-state index contributed by atoms with van der Waals surface area (Å²) in [5, 5.41) is 2.90. The van der Waals surface area contributed by atoms with Gasteiger partial charge in [0.2, 0.25) is 5.95 Å². The molecule has 6 nitrogen and oxygen atoms in total. The molecule has 1 unspecified atom stereocenters. The molecule has 1 fully saturated rings. The molecule has 0 radical (unpaired) electrons. The van der Waals surface area contributed by atoms with Crippen LogP contribution in [0.25, 0.3) is 0 Å². The fourth-order valence-corrected chi connectivity index (χ4v) is 2.65. The van der Waals surface area contributed by atoms with Gasteiger partial charge >= 0.3 is 12.2 Å². The predicted octanol–water partition coefficient (Wildman–Crippen LogP) is 4.04. The highest BCUT2D eigenvalue weighted by molar-refractivity contribution is 6.30. The number of nitrogens with one attached hydrogen (secondary N) is 2. The van der Waals surface area contributed by atoms with Crippen molar-refractivity contribution in [2.45, 2.75) is 18.6 Å². The smallest absolute Gasteiger partial charge is 0.341 e. The van der Waals surface area contributed by atoms with Gasteiger partial charge in [0.1, 0.15) is 11.6 Å². The van der Waals surface area contributed by atoms with Crippen LogP contribution >= 0.6 is 11.6 Å². The number of amides is 2. The van der Waals surface area contributed by atoms with Gasteiger partial charge in [-0.25, -0.2) is 23.5 Å².